The molecule has 0 spiro atoms. The first-order valence-electron chi connectivity index (χ1n) is 25.8. The van der Waals surface area contributed by atoms with Gasteiger partial charge in [-0.25, -0.2) is 4.98 Å². The number of ether oxygens (including phenoxy) is 2. The zero-order chi connectivity index (χ0) is 47.4. The summed E-state index contributed by atoms with van der Waals surface area (Å²) in [5.74, 6) is 2.15. The first kappa shape index (κ1) is 47.1. The standard InChI is InChI=1S/C55H78N4O7/c1-11-12-30-65-47(60)38-31-39(50(38,4)5)48(61)66-44-23-24-52(8)42(51(44,6)7)22-25-54(10)43(52)20-19-37-45-36(33(2)3)21-26-55(45,28-27-53(37,54)9)49(62)58-29-13-14-41(58)46-56-32-40(57-46)34-15-17-35(18-16-34)59(63)64/h15-18,32,36-39,41-45H,2,11-14,19-31H2,1,3-10H3,(H,56,57)/t36-,37+,38-,39+,41?,42-,43?,44-,45+,52-,53+,54+,55-/m0/s1. The molecule has 1 amide bonds. The van der Waals surface area contributed by atoms with Crippen molar-refractivity contribution in [2.45, 2.75) is 171 Å². The van der Waals surface area contributed by atoms with Crippen molar-refractivity contribution >= 4 is 23.5 Å². The number of nitrogens with one attached hydrogen (secondary N) is 1. The smallest absolute Gasteiger partial charge is 0.309 e. The fraction of sp³-hybridized carbons (Fsp3) is 0.745. The number of amides is 1. The molecule has 6 aliphatic carbocycles. The van der Waals surface area contributed by atoms with Gasteiger partial charge in [0.25, 0.3) is 5.69 Å². The number of unbranched alkanes of at least 4 members (excludes halogenated alkanes) is 1. The quantitative estimate of drug-likeness (QED) is 0.0771. The van der Waals surface area contributed by atoms with E-state index in [1.807, 2.05) is 13.8 Å². The third-order valence-electron chi connectivity index (χ3n) is 21.1. The van der Waals surface area contributed by atoms with Crippen molar-refractivity contribution in [3.05, 3.63) is 58.6 Å². The van der Waals surface area contributed by atoms with E-state index in [0.717, 1.165) is 114 Å². The maximum absolute atomic E-state index is 15.6. The van der Waals surface area contributed by atoms with E-state index in [4.69, 9.17) is 14.5 Å². The highest BCUT2D eigenvalue weighted by Crippen LogP contribution is 2.78. The summed E-state index contributed by atoms with van der Waals surface area (Å²) in [6.07, 6.45) is 16.0. The van der Waals surface area contributed by atoms with Gasteiger partial charge in [-0.3, -0.25) is 24.5 Å². The second kappa shape index (κ2) is 16.6. The number of carbonyl (C=O) groups is 3. The molecule has 13 atom stereocenters. The molecule has 11 nitrogen and oxygen atoms in total. The number of nitro benzene ring substituents is 1. The molecule has 11 heteroatoms. The van der Waals surface area contributed by atoms with E-state index in [9.17, 15) is 19.7 Å². The van der Waals surface area contributed by atoms with Gasteiger partial charge in [-0.1, -0.05) is 74.0 Å². The van der Waals surface area contributed by atoms with Gasteiger partial charge < -0.3 is 19.4 Å². The van der Waals surface area contributed by atoms with E-state index in [2.05, 4.69) is 64.9 Å². The minimum absolute atomic E-state index is 0.0521. The van der Waals surface area contributed by atoms with E-state index in [1.165, 1.54) is 17.7 Å². The molecule has 0 radical (unpaired) electrons. The molecular formula is C55H78N4O7. The van der Waals surface area contributed by atoms with Crippen LogP contribution in [0.3, 0.4) is 0 Å². The lowest BCUT2D eigenvalue weighted by atomic mass is 9.32. The molecule has 2 unspecified atom stereocenters. The number of nitrogens with zero attached hydrogens (tertiary/aromatic N) is 3. The Morgan fingerprint density at radius 2 is 1.59 bits per heavy atom. The largest absolute Gasteiger partial charge is 0.465 e. The first-order valence-corrected chi connectivity index (χ1v) is 25.8. The molecule has 2 aromatic rings. The minimum Gasteiger partial charge on any atom is -0.465 e. The molecule has 360 valence electrons. The van der Waals surface area contributed by atoms with E-state index >= 15 is 4.79 Å². The molecule has 6 saturated carbocycles. The van der Waals surface area contributed by atoms with Gasteiger partial charge in [-0.05, 0) is 160 Å². The highest BCUT2D eigenvalue weighted by atomic mass is 16.6. The number of fused-ring (bicyclic) bond motifs is 7. The average Bonchev–Trinajstić information content (AvgIpc) is 4.04. The van der Waals surface area contributed by atoms with E-state index in [1.54, 1.807) is 18.3 Å². The van der Waals surface area contributed by atoms with Crippen LogP contribution in [-0.4, -0.2) is 56.9 Å². The number of rotatable bonds is 11. The Hall–Kier alpha value is -4.02. The number of aromatic nitrogens is 2. The Morgan fingerprint density at radius 3 is 2.27 bits per heavy atom. The lowest BCUT2D eigenvalue weighted by Crippen LogP contribution is -2.67. The van der Waals surface area contributed by atoms with Gasteiger partial charge in [-0.15, -0.1) is 0 Å². The van der Waals surface area contributed by atoms with E-state index in [0.29, 0.717) is 42.6 Å². The van der Waals surface area contributed by atoms with Crippen LogP contribution in [0.4, 0.5) is 5.69 Å². The zero-order valence-corrected chi connectivity index (χ0v) is 41.5. The normalized spacial score (nSPS) is 39.6. The van der Waals surface area contributed by atoms with Crippen LogP contribution in [-0.2, 0) is 23.9 Å². The van der Waals surface area contributed by atoms with Crippen molar-refractivity contribution in [2.24, 2.45) is 73.9 Å². The van der Waals surface area contributed by atoms with E-state index in [-0.39, 0.29) is 74.1 Å². The lowest BCUT2D eigenvalue weighted by Gasteiger charge is -2.73. The average molecular weight is 907 g/mol. The number of aromatic amines is 1. The Morgan fingerprint density at radius 1 is 0.864 bits per heavy atom. The predicted molar refractivity (Wildman–Crippen MR) is 254 cm³/mol. The van der Waals surface area contributed by atoms with Gasteiger partial charge in [-0.2, -0.15) is 0 Å². The molecule has 1 N–H and O–H groups in total. The monoisotopic (exact) mass is 907 g/mol. The Bertz CT molecular complexity index is 2250. The molecule has 0 bridgehead atoms. The van der Waals surface area contributed by atoms with Crippen LogP contribution in [0.25, 0.3) is 11.3 Å². The molecule has 1 aliphatic heterocycles. The maximum Gasteiger partial charge on any atom is 0.309 e. The fourth-order valence-electron chi connectivity index (χ4n) is 17.1. The molecule has 7 fully saturated rings. The summed E-state index contributed by atoms with van der Waals surface area (Å²) in [7, 11) is 0. The van der Waals surface area contributed by atoms with Gasteiger partial charge in [0.2, 0.25) is 5.91 Å². The summed E-state index contributed by atoms with van der Waals surface area (Å²) >= 11 is 0. The number of esters is 2. The van der Waals surface area contributed by atoms with E-state index < -0.39 is 10.8 Å². The highest BCUT2D eigenvalue weighted by molar-refractivity contribution is 5.85. The molecule has 66 heavy (non-hydrogen) atoms. The molecule has 7 aliphatic rings. The first-order chi connectivity index (χ1) is 31.2. The van der Waals surface area contributed by atoms with Crippen LogP contribution in [0, 0.1) is 84.0 Å². The van der Waals surface area contributed by atoms with Crippen molar-refractivity contribution in [2.75, 3.05) is 13.2 Å². The van der Waals surface area contributed by atoms with Crippen LogP contribution in [0.15, 0.2) is 42.6 Å². The number of non-ortho nitro benzene ring substituents is 1. The van der Waals surface area contributed by atoms with Crippen molar-refractivity contribution in [1.29, 1.82) is 0 Å². The van der Waals surface area contributed by atoms with Crippen LogP contribution < -0.4 is 0 Å². The second-order valence-corrected chi connectivity index (χ2v) is 24.5. The topological polar surface area (TPSA) is 145 Å². The van der Waals surface area contributed by atoms with Crippen molar-refractivity contribution < 1.29 is 28.8 Å². The van der Waals surface area contributed by atoms with Gasteiger partial charge in [0.1, 0.15) is 11.9 Å². The number of carbonyl (C=O) groups excluding carboxylic acids is 3. The SMILES string of the molecule is C=C(C)[C@@H]1CC[C@]2(C(=O)N3CCCC3c3ncc(-c4ccc([N+](=O)[O-])cc4)[nH]3)CC[C@]3(C)[C@H](CCC4[C@@]5(C)CC[C@H](OC(=O)[C@H]6C[C@@H](C(=O)OCCCC)C6(C)C)C(C)(C)[C@@H]5CC[C@]43C)[C@@H]12. The van der Waals surface area contributed by atoms with Crippen molar-refractivity contribution in [3.8, 4) is 11.3 Å². The number of imidazole rings is 1. The summed E-state index contributed by atoms with van der Waals surface area (Å²) in [6.45, 7) is 26.7. The number of benzene rings is 1. The Labute approximate surface area is 393 Å². The number of allylic oxidation sites excluding steroid dienone is 1. The van der Waals surface area contributed by atoms with Crippen LogP contribution in [0.1, 0.15) is 170 Å². The van der Waals surface area contributed by atoms with Crippen LogP contribution >= 0.6 is 0 Å². The van der Waals surface area contributed by atoms with Gasteiger partial charge >= 0.3 is 11.9 Å². The molecular weight excluding hydrogens is 829 g/mol. The predicted octanol–water partition coefficient (Wildman–Crippen LogP) is 12.2. The molecule has 1 aromatic carbocycles. The van der Waals surface area contributed by atoms with Gasteiger partial charge in [0.05, 0.1) is 46.7 Å². The summed E-state index contributed by atoms with van der Waals surface area (Å²) in [5, 5.41) is 11.3. The Balaban J connectivity index is 0.926. The summed E-state index contributed by atoms with van der Waals surface area (Å²) in [6, 6.07) is 6.41. The highest BCUT2D eigenvalue weighted by Gasteiger charge is 2.72. The summed E-state index contributed by atoms with van der Waals surface area (Å²) in [4.78, 5) is 64.0. The third-order valence-corrected chi connectivity index (χ3v) is 21.1. The van der Waals surface area contributed by atoms with Gasteiger partial charge in [0, 0.05) is 29.7 Å². The number of H-pyrrole nitrogens is 1. The number of hydrogen-bond donors (Lipinski definition) is 1. The lowest BCUT2D eigenvalue weighted by molar-refractivity contribution is -0.384. The molecule has 1 saturated heterocycles. The third kappa shape index (κ3) is 6.97. The molecule has 9 rings (SSSR count). The second-order valence-electron chi connectivity index (χ2n) is 24.5. The summed E-state index contributed by atoms with van der Waals surface area (Å²) < 4.78 is 12.2. The summed E-state index contributed by atoms with van der Waals surface area (Å²) in [5.41, 5.74) is 2.07. The van der Waals surface area contributed by atoms with Crippen LogP contribution in [0.2, 0.25) is 0 Å². The molecule has 2 heterocycles. The molecule has 1 aromatic heterocycles. The number of hydrogen-bond acceptors (Lipinski definition) is 8. The fourth-order valence-corrected chi connectivity index (χ4v) is 17.1. The van der Waals surface area contributed by atoms with Crippen molar-refractivity contribution in [1.82, 2.24) is 14.9 Å². The van der Waals surface area contributed by atoms with Crippen molar-refractivity contribution in [3.63, 3.8) is 0 Å². The van der Waals surface area contributed by atoms with Crippen LogP contribution in [0.5, 0.6) is 0 Å². The zero-order valence-electron chi connectivity index (χ0n) is 41.5. The minimum atomic E-state index is -0.489. The Kier molecular flexibility index (Phi) is 11.8. The van der Waals surface area contributed by atoms with Gasteiger partial charge in [0.15, 0.2) is 0 Å². The number of nitro groups is 1. The maximum atomic E-state index is 15.6. The number of likely N-dealkylation sites (tertiary alicyclic amines) is 1.